The molecule has 0 spiro atoms. The van der Waals surface area contributed by atoms with Gasteiger partial charge in [0.2, 0.25) is 5.91 Å². The second-order valence-corrected chi connectivity index (χ2v) is 5.07. The smallest absolute Gasteiger partial charge is 0.233 e. The number of amides is 1. The van der Waals surface area contributed by atoms with Gasteiger partial charge in [0, 0.05) is 6.54 Å². The Morgan fingerprint density at radius 1 is 1.44 bits per heavy atom. The van der Waals surface area contributed by atoms with E-state index in [1.807, 2.05) is 6.92 Å². The van der Waals surface area contributed by atoms with Crippen LogP contribution in [0, 0.1) is 11.8 Å². The first-order valence-corrected chi connectivity index (χ1v) is 6.23. The highest BCUT2D eigenvalue weighted by atomic mass is 16.3. The normalized spacial score (nSPS) is 19.2. The van der Waals surface area contributed by atoms with Crippen LogP contribution in [0.4, 0.5) is 0 Å². The molecule has 1 aliphatic carbocycles. The van der Waals surface area contributed by atoms with Gasteiger partial charge in [-0.25, -0.2) is 0 Å². The van der Waals surface area contributed by atoms with E-state index in [9.17, 15) is 9.90 Å². The molecule has 1 fully saturated rings. The second kappa shape index (κ2) is 6.86. The van der Waals surface area contributed by atoms with E-state index in [1.165, 1.54) is 12.8 Å². The van der Waals surface area contributed by atoms with Crippen LogP contribution in [0.5, 0.6) is 0 Å². The number of nitrogens with one attached hydrogen (secondary N) is 2. The fourth-order valence-corrected chi connectivity index (χ4v) is 1.73. The number of hydrogen-bond donors (Lipinski definition) is 3. The van der Waals surface area contributed by atoms with Gasteiger partial charge in [-0.15, -0.1) is 0 Å². The van der Waals surface area contributed by atoms with Crippen molar-refractivity contribution in [3.05, 3.63) is 0 Å². The second-order valence-electron chi connectivity index (χ2n) is 5.07. The highest BCUT2D eigenvalue weighted by Gasteiger charge is 2.20. The molecule has 2 atom stereocenters. The van der Waals surface area contributed by atoms with E-state index in [0.717, 1.165) is 18.9 Å². The maximum atomic E-state index is 11.4. The Morgan fingerprint density at radius 2 is 2.12 bits per heavy atom. The molecule has 1 aliphatic rings. The van der Waals surface area contributed by atoms with Gasteiger partial charge in [-0.1, -0.05) is 6.92 Å². The van der Waals surface area contributed by atoms with Gasteiger partial charge in [0.15, 0.2) is 0 Å². The van der Waals surface area contributed by atoms with Crippen LogP contribution < -0.4 is 10.6 Å². The van der Waals surface area contributed by atoms with Gasteiger partial charge >= 0.3 is 0 Å². The van der Waals surface area contributed by atoms with Crippen LogP contribution in [0.15, 0.2) is 0 Å². The molecule has 0 radical (unpaired) electrons. The predicted molar refractivity (Wildman–Crippen MR) is 64.1 cm³/mol. The lowest BCUT2D eigenvalue weighted by Gasteiger charge is -2.14. The molecule has 94 valence electrons. The summed E-state index contributed by atoms with van der Waals surface area (Å²) < 4.78 is 0. The van der Waals surface area contributed by atoms with Crippen molar-refractivity contribution in [3.8, 4) is 0 Å². The highest BCUT2D eigenvalue weighted by Crippen LogP contribution is 2.27. The molecule has 0 aromatic heterocycles. The summed E-state index contributed by atoms with van der Waals surface area (Å²) in [5, 5.41) is 15.2. The van der Waals surface area contributed by atoms with Crippen molar-refractivity contribution in [1.29, 1.82) is 0 Å². The van der Waals surface area contributed by atoms with Gasteiger partial charge in [-0.2, -0.15) is 0 Å². The number of carbonyl (C=O) groups excluding carboxylic acids is 1. The number of hydrogen-bond acceptors (Lipinski definition) is 3. The fourth-order valence-electron chi connectivity index (χ4n) is 1.73. The largest absolute Gasteiger partial charge is 0.393 e. The van der Waals surface area contributed by atoms with Crippen molar-refractivity contribution in [1.82, 2.24) is 10.6 Å². The van der Waals surface area contributed by atoms with E-state index in [4.69, 9.17) is 0 Å². The van der Waals surface area contributed by atoms with Crippen LogP contribution >= 0.6 is 0 Å². The Bertz CT molecular complexity index is 215. The molecule has 0 aromatic carbocycles. The number of rotatable bonds is 8. The van der Waals surface area contributed by atoms with Gasteiger partial charge in [0.05, 0.1) is 12.6 Å². The van der Waals surface area contributed by atoms with E-state index in [-0.39, 0.29) is 12.0 Å². The Balaban J connectivity index is 1.95. The van der Waals surface area contributed by atoms with Gasteiger partial charge < -0.3 is 15.7 Å². The maximum Gasteiger partial charge on any atom is 0.233 e. The van der Waals surface area contributed by atoms with Crippen LogP contribution in [0.1, 0.15) is 33.1 Å². The van der Waals surface area contributed by atoms with E-state index in [0.29, 0.717) is 19.0 Å². The third kappa shape index (κ3) is 6.80. The topological polar surface area (TPSA) is 61.4 Å². The number of carbonyl (C=O) groups is 1. The lowest BCUT2D eigenvalue weighted by atomic mass is 10.1. The molecule has 0 bridgehead atoms. The van der Waals surface area contributed by atoms with Gasteiger partial charge in [-0.3, -0.25) is 4.79 Å². The Kier molecular flexibility index (Phi) is 5.77. The summed E-state index contributed by atoms with van der Waals surface area (Å²) in [7, 11) is 0. The van der Waals surface area contributed by atoms with E-state index < -0.39 is 0 Å². The zero-order valence-corrected chi connectivity index (χ0v) is 10.3. The summed E-state index contributed by atoms with van der Waals surface area (Å²) in [6, 6.07) is 0. The van der Waals surface area contributed by atoms with E-state index in [2.05, 4.69) is 10.6 Å². The molecular weight excluding hydrogens is 204 g/mol. The van der Waals surface area contributed by atoms with Crippen LogP contribution in [0.25, 0.3) is 0 Å². The zero-order chi connectivity index (χ0) is 12.0. The fraction of sp³-hybridized carbons (Fsp3) is 0.917. The van der Waals surface area contributed by atoms with Crippen LogP contribution in [0.3, 0.4) is 0 Å². The molecule has 4 nitrogen and oxygen atoms in total. The first-order chi connectivity index (χ1) is 7.58. The number of aliphatic hydroxyl groups is 1. The summed E-state index contributed by atoms with van der Waals surface area (Å²) >= 11 is 0. The summed E-state index contributed by atoms with van der Waals surface area (Å²) in [6.07, 6.45) is 3.05. The molecule has 0 aromatic rings. The first kappa shape index (κ1) is 13.5. The first-order valence-electron chi connectivity index (χ1n) is 6.23. The monoisotopic (exact) mass is 228 g/mol. The van der Waals surface area contributed by atoms with Crippen molar-refractivity contribution in [2.75, 3.05) is 19.6 Å². The molecule has 0 heterocycles. The standard InChI is InChI=1S/C12H24N2O2/c1-9(5-10(2)15)6-14-12(16)8-13-7-11-3-4-11/h9-11,13,15H,3-8H2,1-2H3,(H,14,16). The summed E-state index contributed by atoms with van der Waals surface area (Å²) in [4.78, 5) is 11.4. The van der Waals surface area contributed by atoms with E-state index >= 15 is 0 Å². The van der Waals surface area contributed by atoms with Crippen LogP contribution in [-0.4, -0.2) is 36.8 Å². The third-order valence-corrected chi connectivity index (χ3v) is 2.81. The third-order valence-electron chi connectivity index (χ3n) is 2.81. The minimum absolute atomic E-state index is 0.0538. The Morgan fingerprint density at radius 3 is 2.69 bits per heavy atom. The maximum absolute atomic E-state index is 11.4. The number of aliphatic hydroxyl groups excluding tert-OH is 1. The molecule has 0 aliphatic heterocycles. The molecule has 16 heavy (non-hydrogen) atoms. The summed E-state index contributed by atoms with van der Waals surface area (Å²) in [6.45, 7) is 5.84. The molecule has 3 N–H and O–H groups in total. The SMILES string of the molecule is CC(O)CC(C)CNC(=O)CNCC1CC1. The van der Waals surface area contributed by atoms with Crippen molar-refractivity contribution in [2.24, 2.45) is 11.8 Å². The van der Waals surface area contributed by atoms with Crippen LogP contribution in [-0.2, 0) is 4.79 Å². The van der Waals surface area contributed by atoms with Crippen molar-refractivity contribution in [2.45, 2.75) is 39.2 Å². The summed E-state index contributed by atoms with van der Waals surface area (Å²) in [5.41, 5.74) is 0. The zero-order valence-electron chi connectivity index (χ0n) is 10.3. The minimum atomic E-state index is -0.292. The van der Waals surface area contributed by atoms with Gasteiger partial charge in [0.25, 0.3) is 0 Å². The lowest BCUT2D eigenvalue weighted by Crippen LogP contribution is -2.37. The van der Waals surface area contributed by atoms with Crippen molar-refractivity contribution >= 4 is 5.91 Å². The average molecular weight is 228 g/mol. The quantitative estimate of drug-likeness (QED) is 0.567. The van der Waals surface area contributed by atoms with Gasteiger partial charge in [0.1, 0.15) is 0 Å². The average Bonchev–Trinajstić information content (AvgIpc) is 2.97. The molecule has 2 unspecified atom stereocenters. The Labute approximate surface area is 97.8 Å². The van der Waals surface area contributed by atoms with E-state index in [1.54, 1.807) is 6.92 Å². The molecule has 1 saturated carbocycles. The minimum Gasteiger partial charge on any atom is -0.393 e. The van der Waals surface area contributed by atoms with Crippen molar-refractivity contribution in [3.63, 3.8) is 0 Å². The molecule has 1 rings (SSSR count). The predicted octanol–water partition coefficient (Wildman–Crippen LogP) is 0.509. The van der Waals surface area contributed by atoms with Gasteiger partial charge in [-0.05, 0) is 44.6 Å². The summed E-state index contributed by atoms with van der Waals surface area (Å²) in [5.74, 6) is 1.19. The highest BCUT2D eigenvalue weighted by molar-refractivity contribution is 5.77. The molecule has 4 heteroatoms. The van der Waals surface area contributed by atoms with Crippen LogP contribution in [0.2, 0.25) is 0 Å². The molecular formula is C12H24N2O2. The van der Waals surface area contributed by atoms with Crippen molar-refractivity contribution < 1.29 is 9.90 Å². The molecule has 1 amide bonds. The Hall–Kier alpha value is -0.610. The molecule has 0 saturated heterocycles. The lowest BCUT2D eigenvalue weighted by molar-refractivity contribution is -0.120.